The highest BCUT2D eigenvalue weighted by Gasteiger charge is 2.08. The number of anilines is 1. The molecule has 0 bridgehead atoms. The van der Waals surface area contributed by atoms with E-state index in [1.807, 2.05) is 0 Å². The Kier molecular flexibility index (Phi) is 3.96. The highest BCUT2D eigenvalue weighted by Crippen LogP contribution is 2.26. The summed E-state index contributed by atoms with van der Waals surface area (Å²) in [6, 6.07) is 4.77. The average Bonchev–Trinajstić information content (AvgIpc) is 2.79. The largest absolute Gasteiger partial charge is 0.478 e. The van der Waals surface area contributed by atoms with Crippen molar-refractivity contribution in [2.75, 3.05) is 19.0 Å². The van der Waals surface area contributed by atoms with Crippen molar-refractivity contribution >= 4 is 38.6 Å². The van der Waals surface area contributed by atoms with E-state index in [1.54, 1.807) is 12.1 Å². The van der Waals surface area contributed by atoms with Crippen LogP contribution in [0.1, 0.15) is 16.8 Å². The van der Waals surface area contributed by atoms with Crippen LogP contribution in [0.4, 0.5) is 5.13 Å². The molecule has 1 aromatic carbocycles. The summed E-state index contributed by atoms with van der Waals surface area (Å²) < 4.78 is 5.32. The Labute approximate surface area is 113 Å². The van der Waals surface area contributed by atoms with Gasteiger partial charge in [-0.2, -0.15) is 0 Å². The molecule has 19 heavy (non-hydrogen) atoms. The number of aromatic nitrogens is 1. The maximum Gasteiger partial charge on any atom is 0.335 e. The van der Waals surface area contributed by atoms with Crippen molar-refractivity contribution in [1.29, 1.82) is 0 Å². The van der Waals surface area contributed by atoms with E-state index in [-0.39, 0.29) is 18.0 Å². The molecule has 2 rings (SSSR count). The second kappa shape index (κ2) is 5.66. The first-order valence-electron chi connectivity index (χ1n) is 5.54. The standard InChI is InChI=1S/C12H12N2O4S/c1-18-10(15)4-5-13-12-14-8-3-2-7(11(16)17)6-9(8)19-12/h2-3,6H,4-5H2,1H3,(H,13,14)(H,16,17). The normalized spacial score (nSPS) is 10.4. The lowest BCUT2D eigenvalue weighted by Gasteiger charge is -2.00. The van der Waals surface area contributed by atoms with Gasteiger partial charge in [0.2, 0.25) is 0 Å². The molecule has 6 nitrogen and oxygen atoms in total. The Morgan fingerprint density at radius 1 is 1.47 bits per heavy atom. The van der Waals surface area contributed by atoms with Gasteiger partial charge in [-0.3, -0.25) is 4.79 Å². The number of carboxylic acid groups (broad SMARTS) is 1. The summed E-state index contributed by atoms with van der Waals surface area (Å²) in [5.41, 5.74) is 0.966. The van der Waals surface area contributed by atoms with E-state index in [2.05, 4.69) is 15.0 Å². The number of nitrogens with zero attached hydrogens (tertiary/aromatic N) is 1. The number of methoxy groups -OCH3 is 1. The second-order valence-electron chi connectivity index (χ2n) is 3.76. The summed E-state index contributed by atoms with van der Waals surface area (Å²) >= 11 is 1.35. The molecule has 0 atom stereocenters. The van der Waals surface area contributed by atoms with Gasteiger partial charge in [0.25, 0.3) is 0 Å². The first kappa shape index (κ1) is 13.3. The van der Waals surface area contributed by atoms with Crippen molar-refractivity contribution in [3.63, 3.8) is 0 Å². The number of aromatic carboxylic acids is 1. The minimum atomic E-state index is -0.962. The van der Waals surface area contributed by atoms with Gasteiger partial charge in [-0.15, -0.1) is 0 Å². The van der Waals surface area contributed by atoms with Crippen LogP contribution in [0, 0.1) is 0 Å². The molecule has 0 saturated carbocycles. The van der Waals surface area contributed by atoms with Crippen LogP contribution >= 0.6 is 11.3 Å². The number of nitrogens with one attached hydrogen (secondary N) is 1. The molecule has 0 saturated heterocycles. The number of benzene rings is 1. The van der Waals surface area contributed by atoms with Gasteiger partial charge in [-0.05, 0) is 18.2 Å². The van der Waals surface area contributed by atoms with Gasteiger partial charge >= 0.3 is 11.9 Å². The highest BCUT2D eigenvalue weighted by atomic mass is 32.1. The molecule has 100 valence electrons. The summed E-state index contributed by atoms with van der Waals surface area (Å²) in [7, 11) is 1.34. The summed E-state index contributed by atoms with van der Waals surface area (Å²) in [5, 5.41) is 12.6. The number of esters is 1. The van der Waals surface area contributed by atoms with E-state index in [0.717, 1.165) is 10.2 Å². The average molecular weight is 280 g/mol. The molecule has 2 N–H and O–H groups in total. The number of hydrogen-bond donors (Lipinski definition) is 2. The van der Waals surface area contributed by atoms with Crippen molar-refractivity contribution in [2.24, 2.45) is 0 Å². The molecular weight excluding hydrogens is 268 g/mol. The number of hydrogen-bond acceptors (Lipinski definition) is 6. The highest BCUT2D eigenvalue weighted by molar-refractivity contribution is 7.22. The molecule has 0 unspecified atom stereocenters. The molecule has 7 heteroatoms. The van der Waals surface area contributed by atoms with Crippen molar-refractivity contribution in [3.05, 3.63) is 23.8 Å². The third-order valence-corrected chi connectivity index (χ3v) is 3.44. The number of thiazole rings is 1. The van der Waals surface area contributed by atoms with Gasteiger partial charge in [0, 0.05) is 6.54 Å². The van der Waals surface area contributed by atoms with Crippen LogP contribution < -0.4 is 5.32 Å². The number of carbonyl (C=O) groups excluding carboxylic acids is 1. The topological polar surface area (TPSA) is 88.5 Å². The molecule has 0 radical (unpaired) electrons. The molecular formula is C12H12N2O4S. The quantitative estimate of drug-likeness (QED) is 0.814. The maximum atomic E-state index is 10.9. The summed E-state index contributed by atoms with van der Waals surface area (Å²) in [6.07, 6.45) is 0.257. The Morgan fingerprint density at radius 3 is 2.95 bits per heavy atom. The SMILES string of the molecule is COC(=O)CCNc1nc2ccc(C(=O)O)cc2s1. The Balaban J connectivity index is 2.09. The van der Waals surface area contributed by atoms with Crippen LogP contribution in [0.5, 0.6) is 0 Å². The van der Waals surface area contributed by atoms with Gasteiger partial charge < -0.3 is 15.2 Å². The van der Waals surface area contributed by atoms with E-state index in [0.29, 0.717) is 11.7 Å². The maximum absolute atomic E-state index is 10.9. The zero-order valence-corrected chi connectivity index (χ0v) is 11.0. The van der Waals surface area contributed by atoms with E-state index in [9.17, 15) is 9.59 Å². The molecule has 0 fully saturated rings. The van der Waals surface area contributed by atoms with Gasteiger partial charge in [0.1, 0.15) is 0 Å². The summed E-state index contributed by atoms with van der Waals surface area (Å²) in [5.74, 6) is -1.25. The number of carboxylic acids is 1. The van der Waals surface area contributed by atoms with Gasteiger partial charge in [-0.1, -0.05) is 11.3 Å². The fourth-order valence-electron chi connectivity index (χ4n) is 1.51. The first-order chi connectivity index (χ1) is 9.10. The summed E-state index contributed by atoms with van der Waals surface area (Å²) in [4.78, 5) is 26.1. The van der Waals surface area contributed by atoms with Crippen LogP contribution in [0.15, 0.2) is 18.2 Å². The van der Waals surface area contributed by atoms with Crippen LogP contribution in [-0.4, -0.2) is 35.7 Å². The molecule has 0 aliphatic rings. The Morgan fingerprint density at radius 2 is 2.26 bits per heavy atom. The lowest BCUT2D eigenvalue weighted by atomic mass is 10.2. The molecule has 0 aliphatic heterocycles. The molecule has 0 spiro atoms. The van der Waals surface area contributed by atoms with E-state index < -0.39 is 5.97 Å². The molecule has 2 aromatic rings. The number of ether oxygens (including phenoxy) is 1. The fraction of sp³-hybridized carbons (Fsp3) is 0.250. The molecule has 0 aliphatic carbocycles. The van der Waals surface area contributed by atoms with Gasteiger partial charge in [0.05, 0.1) is 29.3 Å². The third-order valence-electron chi connectivity index (χ3n) is 2.47. The number of fused-ring (bicyclic) bond motifs is 1. The predicted octanol–water partition coefficient (Wildman–Crippen LogP) is 1.97. The fourth-order valence-corrected chi connectivity index (χ4v) is 2.44. The van der Waals surface area contributed by atoms with Crippen LogP contribution in [0.2, 0.25) is 0 Å². The van der Waals surface area contributed by atoms with Crippen LogP contribution in [0.3, 0.4) is 0 Å². The number of carbonyl (C=O) groups is 2. The van der Waals surface area contributed by atoms with Gasteiger partial charge in [-0.25, -0.2) is 9.78 Å². The smallest absolute Gasteiger partial charge is 0.335 e. The Hall–Kier alpha value is -2.15. The van der Waals surface area contributed by atoms with Crippen LogP contribution in [0.25, 0.3) is 10.2 Å². The van der Waals surface area contributed by atoms with Crippen molar-refractivity contribution in [3.8, 4) is 0 Å². The Bertz CT molecular complexity index is 623. The minimum absolute atomic E-state index is 0.234. The zero-order valence-electron chi connectivity index (χ0n) is 10.2. The van der Waals surface area contributed by atoms with Crippen LogP contribution in [-0.2, 0) is 9.53 Å². The van der Waals surface area contributed by atoms with E-state index in [4.69, 9.17) is 5.11 Å². The minimum Gasteiger partial charge on any atom is -0.478 e. The number of rotatable bonds is 5. The summed E-state index contributed by atoms with van der Waals surface area (Å²) in [6.45, 7) is 0.429. The predicted molar refractivity (Wildman–Crippen MR) is 71.7 cm³/mol. The van der Waals surface area contributed by atoms with Gasteiger partial charge in [0.15, 0.2) is 5.13 Å². The lowest BCUT2D eigenvalue weighted by Crippen LogP contribution is -2.09. The molecule has 1 aromatic heterocycles. The third kappa shape index (κ3) is 3.19. The van der Waals surface area contributed by atoms with Crippen molar-refractivity contribution in [2.45, 2.75) is 6.42 Å². The van der Waals surface area contributed by atoms with E-state index in [1.165, 1.54) is 24.5 Å². The zero-order chi connectivity index (χ0) is 13.8. The second-order valence-corrected chi connectivity index (χ2v) is 4.79. The van der Waals surface area contributed by atoms with Crippen molar-refractivity contribution < 1.29 is 19.4 Å². The van der Waals surface area contributed by atoms with E-state index >= 15 is 0 Å². The van der Waals surface area contributed by atoms with Crippen molar-refractivity contribution in [1.82, 2.24) is 4.98 Å². The monoisotopic (exact) mass is 280 g/mol. The molecule has 0 amide bonds. The molecule has 1 heterocycles. The lowest BCUT2D eigenvalue weighted by molar-refractivity contribution is -0.140. The first-order valence-corrected chi connectivity index (χ1v) is 6.36.